The molecule has 0 radical (unpaired) electrons. The van der Waals surface area contributed by atoms with Crippen LogP contribution in [0.1, 0.15) is 18.9 Å². The summed E-state index contributed by atoms with van der Waals surface area (Å²) in [6.45, 7) is 3.99. The van der Waals surface area contributed by atoms with E-state index in [-0.39, 0.29) is 12.0 Å². The highest BCUT2D eigenvalue weighted by molar-refractivity contribution is 5.74. The number of halogens is 3. The van der Waals surface area contributed by atoms with Gasteiger partial charge in [0.2, 0.25) is 0 Å². The molecule has 2 rings (SSSR count). The van der Waals surface area contributed by atoms with Gasteiger partial charge in [0, 0.05) is 32.2 Å². The molecule has 2 atom stereocenters. The van der Waals surface area contributed by atoms with Crippen LogP contribution >= 0.6 is 0 Å². The Hall–Kier alpha value is -1.76. The summed E-state index contributed by atoms with van der Waals surface area (Å²) in [5, 5.41) is 5.03. The average Bonchev–Trinajstić information content (AvgIpc) is 2.78. The molecule has 2 amide bonds. The zero-order valence-electron chi connectivity index (χ0n) is 13.1. The van der Waals surface area contributed by atoms with Crippen molar-refractivity contribution in [3.63, 3.8) is 0 Å². The molecule has 4 nitrogen and oxygen atoms in total. The molecule has 0 saturated carbocycles. The number of nitrogens with one attached hydrogen (secondary N) is 2. The van der Waals surface area contributed by atoms with E-state index in [0.29, 0.717) is 6.54 Å². The van der Waals surface area contributed by atoms with E-state index in [1.165, 1.54) is 5.56 Å². The van der Waals surface area contributed by atoms with E-state index < -0.39 is 25.2 Å². The van der Waals surface area contributed by atoms with Crippen molar-refractivity contribution in [2.24, 2.45) is 5.92 Å². The lowest BCUT2D eigenvalue weighted by Gasteiger charge is -2.18. The lowest BCUT2D eigenvalue weighted by Crippen LogP contribution is -2.46. The molecule has 1 aromatic carbocycles. The van der Waals surface area contributed by atoms with Crippen molar-refractivity contribution < 1.29 is 18.0 Å². The predicted octanol–water partition coefficient (Wildman–Crippen LogP) is 2.76. The number of urea groups is 1. The molecule has 1 saturated heterocycles. The quantitative estimate of drug-likeness (QED) is 0.872. The monoisotopic (exact) mass is 329 g/mol. The average molecular weight is 329 g/mol. The fourth-order valence-corrected chi connectivity index (χ4v) is 2.76. The molecule has 7 heteroatoms. The van der Waals surface area contributed by atoms with Gasteiger partial charge in [0.1, 0.15) is 0 Å². The van der Waals surface area contributed by atoms with E-state index in [4.69, 9.17) is 0 Å². The molecule has 1 heterocycles. The molecule has 0 unspecified atom stereocenters. The lowest BCUT2D eigenvalue weighted by molar-refractivity contribution is -0.132. The van der Waals surface area contributed by atoms with Crippen molar-refractivity contribution in [2.45, 2.75) is 32.1 Å². The van der Waals surface area contributed by atoms with Crippen LogP contribution < -0.4 is 10.6 Å². The maximum Gasteiger partial charge on any atom is 0.390 e. The Bertz CT molecular complexity index is 507. The summed E-state index contributed by atoms with van der Waals surface area (Å²) in [5.41, 5.74) is 1.20. The molecule has 0 aromatic heterocycles. The van der Waals surface area contributed by atoms with Gasteiger partial charge in [-0.2, -0.15) is 13.2 Å². The van der Waals surface area contributed by atoms with Gasteiger partial charge in [-0.1, -0.05) is 37.3 Å². The Morgan fingerprint density at radius 3 is 2.61 bits per heavy atom. The number of nitrogens with zero attached hydrogens (tertiary/aromatic N) is 1. The Balaban J connectivity index is 1.74. The van der Waals surface area contributed by atoms with Crippen molar-refractivity contribution >= 4 is 6.03 Å². The van der Waals surface area contributed by atoms with E-state index in [9.17, 15) is 18.0 Å². The molecule has 0 spiro atoms. The second kappa shape index (κ2) is 7.68. The summed E-state index contributed by atoms with van der Waals surface area (Å²) in [4.78, 5) is 13.9. The van der Waals surface area contributed by atoms with Gasteiger partial charge in [0.05, 0.1) is 6.42 Å². The fraction of sp³-hybridized carbons (Fsp3) is 0.562. The normalized spacial score (nSPS) is 22.1. The molecular formula is C16H22F3N3O. The number of carbonyl (C=O) groups is 1. The minimum Gasteiger partial charge on any atom is -0.338 e. The largest absolute Gasteiger partial charge is 0.390 e. The summed E-state index contributed by atoms with van der Waals surface area (Å²) in [6, 6.07) is 9.45. The highest BCUT2D eigenvalue weighted by atomic mass is 19.4. The molecular weight excluding hydrogens is 307 g/mol. The van der Waals surface area contributed by atoms with Crippen molar-refractivity contribution in [3.8, 4) is 0 Å². The van der Waals surface area contributed by atoms with Crippen LogP contribution in [0.25, 0.3) is 0 Å². The first-order chi connectivity index (χ1) is 10.8. The summed E-state index contributed by atoms with van der Waals surface area (Å²) in [5.74, 6) is 0.257. The zero-order valence-corrected chi connectivity index (χ0v) is 13.1. The Morgan fingerprint density at radius 2 is 1.96 bits per heavy atom. The fourth-order valence-electron chi connectivity index (χ4n) is 2.76. The van der Waals surface area contributed by atoms with E-state index in [0.717, 1.165) is 13.1 Å². The van der Waals surface area contributed by atoms with Crippen LogP contribution in [-0.4, -0.2) is 42.8 Å². The van der Waals surface area contributed by atoms with Gasteiger partial charge < -0.3 is 10.6 Å². The maximum atomic E-state index is 12.1. The topological polar surface area (TPSA) is 44.4 Å². The molecule has 1 fully saturated rings. The number of amides is 2. The van der Waals surface area contributed by atoms with Crippen LogP contribution in [0.4, 0.5) is 18.0 Å². The smallest absolute Gasteiger partial charge is 0.338 e. The van der Waals surface area contributed by atoms with Gasteiger partial charge >= 0.3 is 12.2 Å². The summed E-state index contributed by atoms with van der Waals surface area (Å²) in [7, 11) is 0. The van der Waals surface area contributed by atoms with E-state index in [1.54, 1.807) is 0 Å². The number of hydrogen-bond acceptors (Lipinski definition) is 2. The standard InChI is InChI=1S/C16H22F3N3O/c1-12-9-22(10-13-5-3-2-4-6-13)11-14(12)21-15(23)20-8-7-16(17,18)19/h2-6,12,14H,7-11H2,1H3,(H2,20,21,23)/t12-,14-/m1/s1. The number of benzene rings is 1. The van der Waals surface area contributed by atoms with Crippen molar-refractivity contribution in [1.29, 1.82) is 0 Å². The third-order valence-electron chi connectivity index (χ3n) is 3.95. The number of rotatable bonds is 5. The molecule has 2 N–H and O–H groups in total. The van der Waals surface area contributed by atoms with Crippen molar-refractivity contribution in [2.75, 3.05) is 19.6 Å². The first-order valence-electron chi connectivity index (χ1n) is 7.71. The molecule has 1 aliphatic rings. The predicted molar refractivity (Wildman–Crippen MR) is 81.9 cm³/mol. The van der Waals surface area contributed by atoms with Crippen LogP contribution in [0.5, 0.6) is 0 Å². The lowest BCUT2D eigenvalue weighted by atomic mass is 10.1. The minimum absolute atomic E-state index is 0.0513. The van der Waals surface area contributed by atoms with Crippen molar-refractivity contribution in [1.82, 2.24) is 15.5 Å². The Labute approximate surface area is 134 Å². The van der Waals surface area contributed by atoms with Crippen LogP contribution in [0, 0.1) is 5.92 Å². The number of carbonyl (C=O) groups excluding carboxylic acids is 1. The van der Waals surface area contributed by atoms with Crippen LogP contribution in [0.15, 0.2) is 30.3 Å². The highest BCUT2D eigenvalue weighted by Gasteiger charge is 2.31. The molecule has 0 aliphatic carbocycles. The molecule has 1 aliphatic heterocycles. The van der Waals surface area contributed by atoms with Crippen LogP contribution in [0.3, 0.4) is 0 Å². The van der Waals surface area contributed by atoms with Gasteiger partial charge in [-0.3, -0.25) is 4.90 Å². The van der Waals surface area contributed by atoms with Gasteiger partial charge in [-0.05, 0) is 11.5 Å². The van der Waals surface area contributed by atoms with Crippen molar-refractivity contribution in [3.05, 3.63) is 35.9 Å². The highest BCUT2D eigenvalue weighted by Crippen LogP contribution is 2.19. The molecule has 128 valence electrons. The Kier molecular flexibility index (Phi) is 5.87. The second-order valence-corrected chi connectivity index (χ2v) is 6.03. The zero-order chi connectivity index (χ0) is 16.9. The third kappa shape index (κ3) is 6.09. The third-order valence-corrected chi connectivity index (χ3v) is 3.95. The Morgan fingerprint density at radius 1 is 1.26 bits per heavy atom. The molecule has 0 bridgehead atoms. The van der Waals surface area contributed by atoms with E-state index in [1.807, 2.05) is 25.1 Å². The minimum atomic E-state index is -4.25. The van der Waals surface area contributed by atoms with E-state index in [2.05, 4.69) is 27.7 Å². The maximum absolute atomic E-state index is 12.1. The van der Waals surface area contributed by atoms with Gasteiger partial charge in [-0.25, -0.2) is 4.79 Å². The summed E-state index contributed by atoms with van der Waals surface area (Å²) in [6.07, 6.45) is -5.26. The SMILES string of the molecule is C[C@@H]1CN(Cc2ccccc2)C[C@H]1NC(=O)NCCC(F)(F)F. The van der Waals surface area contributed by atoms with E-state index >= 15 is 0 Å². The summed E-state index contributed by atoms with van der Waals surface area (Å²) < 4.78 is 36.2. The first-order valence-corrected chi connectivity index (χ1v) is 7.71. The molecule has 1 aromatic rings. The van der Waals surface area contributed by atoms with Gasteiger partial charge in [0.25, 0.3) is 0 Å². The van der Waals surface area contributed by atoms with Crippen LogP contribution in [0.2, 0.25) is 0 Å². The number of hydrogen-bond donors (Lipinski definition) is 2. The molecule has 23 heavy (non-hydrogen) atoms. The number of alkyl halides is 3. The van der Waals surface area contributed by atoms with Gasteiger partial charge in [0.15, 0.2) is 0 Å². The summed E-state index contributed by atoms with van der Waals surface area (Å²) >= 11 is 0. The number of likely N-dealkylation sites (tertiary alicyclic amines) is 1. The first kappa shape index (κ1) is 17.6. The second-order valence-electron chi connectivity index (χ2n) is 6.03. The van der Waals surface area contributed by atoms with Gasteiger partial charge in [-0.15, -0.1) is 0 Å². The van der Waals surface area contributed by atoms with Crippen LogP contribution in [-0.2, 0) is 6.54 Å².